The topological polar surface area (TPSA) is 76.7 Å². The van der Waals surface area contributed by atoms with Gasteiger partial charge in [0.2, 0.25) is 5.91 Å². The second kappa shape index (κ2) is 9.96. The zero-order valence-corrected chi connectivity index (χ0v) is 17.9. The van der Waals surface area contributed by atoms with Crippen molar-refractivity contribution < 1.29 is 19.1 Å². The highest BCUT2D eigenvalue weighted by molar-refractivity contribution is 6.01. The number of hydrogen-bond acceptors (Lipinski definition) is 4. The summed E-state index contributed by atoms with van der Waals surface area (Å²) >= 11 is 0. The fourth-order valence-electron chi connectivity index (χ4n) is 2.87. The van der Waals surface area contributed by atoms with Crippen molar-refractivity contribution in [3.63, 3.8) is 0 Å². The molecule has 2 aromatic carbocycles. The molecule has 0 heterocycles. The third kappa shape index (κ3) is 5.98. The number of rotatable bonds is 8. The van der Waals surface area contributed by atoms with Gasteiger partial charge in [0.25, 0.3) is 5.91 Å². The van der Waals surface area contributed by atoms with Gasteiger partial charge in [0, 0.05) is 17.3 Å². The van der Waals surface area contributed by atoms with Gasteiger partial charge in [-0.15, -0.1) is 0 Å². The van der Waals surface area contributed by atoms with E-state index in [1.54, 1.807) is 18.2 Å². The van der Waals surface area contributed by atoms with Crippen molar-refractivity contribution in [3.8, 4) is 11.5 Å². The predicted octanol–water partition coefficient (Wildman–Crippen LogP) is 4.22. The largest absolute Gasteiger partial charge is 0.497 e. The van der Waals surface area contributed by atoms with E-state index in [0.717, 1.165) is 0 Å². The number of carbonyl (C=O) groups excluding carboxylic acids is 2. The average Bonchev–Trinajstić information content (AvgIpc) is 2.71. The maximum absolute atomic E-state index is 12.8. The molecule has 0 aliphatic carbocycles. The lowest BCUT2D eigenvalue weighted by Gasteiger charge is -2.22. The Hall–Kier alpha value is -3.02. The monoisotopic (exact) mass is 398 g/mol. The first kappa shape index (κ1) is 22.3. The SMILES string of the molecule is COc1cc(OC)cc(C(=O)NC(C(=O)Nc2ccc(C(C)C)cc2)C(C)C)c1. The molecule has 0 saturated carbocycles. The van der Waals surface area contributed by atoms with Gasteiger partial charge in [0.1, 0.15) is 17.5 Å². The van der Waals surface area contributed by atoms with Gasteiger partial charge in [0.05, 0.1) is 14.2 Å². The van der Waals surface area contributed by atoms with E-state index < -0.39 is 6.04 Å². The molecule has 1 unspecified atom stereocenters. The van der Waals surface area contributed by atoms with Crippen LogP contribution in [-0.4, -0.2) is 32.1 Å². The van der Waals surface area contributed by atoms with Gasteiger partial charge in [-0.25, -0.2) is 0 Å². The van der Waals surface area contributed by atoms with Crippen molar-refractivity contribution in [1.29, 1.82) is 0 Å². The summed E-state index contributed by atoms with van der Waals surface area (Å²) in [6.45, 7) is 8.01. The van der Waals surface area contributed by atoms with Crippen molar-refractivity contribution in [2.75, 3.05) is 19.5 Å². The van der Waals surface area contributed by atoms with E-state index in [1.807, 2.05) is 38.1 Å². The van der Waals surface area contributed by atoms with Gasteiger partial charge < -0.3 is 20.1 Å². The minimum Gasteiger partial charge on any atom is -0.497 e. The summed E-state index contributed by atoms with van der Waals surface area (Å²) in [7, 11) is 3.04. The number of benzene rings is 2. The van der Waals surface area contributed by atoms with Crippen LogP contribution in [0.25, 0.3) is 0 Å². The summed E-state index contributed by atoms with van der Waals surface area (Å²) in [5.74, 6) is 0.700. The molecule has 0 fully saturated rings. The molecule has 1 atom stereocenters. The molecule has 0 saturated heterocycles. The van der Waals surface area contributed by atoms with E-state index in [0.29, 0.717) is 28.7 Å². The Bertz CT molecular complexity index is 822. The Morgan fingerprint density at radius 2 is 1.41 bits per heavy atom. The van der Waals surface area contributed by atoms with Crippen molar-refractivity contribution in [1.82, 2.24) is 5.32 Å². The molecule has 0 aliphatic heterocycles. The molecule has 2 amide bonds. The minimum absolute atomic E-state index is 0.0959. The van der Waals surface area contributed by atoms with Crippen LogP contribution >= 0.6 is 0 Å². The van der Waals surface area contributed by atoms with Gasteiger partial charge in [0.15, 0.2) is 0 Å². The summed E-state index contributed by atoms with van der Waals surface area (Å²) in [5.41, 5.74) is 2.26. The lowest BCUT2D eigenvalue weighted by Crippen LogP contribution is -2.47. The van der Waals surface area contributed by atoms with Crippen LogP contribution in [0.3, 0.4) is 0 Å². The Kier molecular flexibility index (Phi) is 7.65. The summed E-state index contributed by atoms with van der Waals surface area (Å²) in [5, 5.41) is 5.71. The summed E-state index contributed by atoms with van der Waals surface area (Å²) < 4.78 is 10.4. The van der Waals surface area contributed by atoms with Crippen molar-refractivity contribution in [2.24, 2.45) is 5.92 Å². The van der Waals surface area contributed by atoms with Crippen LogP contribution < -0.4 is 20.1 Å². The summed E-state index contributed by atoms with van der Waals surface area (Å²) in [6, 6.07) is 11.9. The number of hydrogen-bond donors (Lipinski definition) is 2. The van der Waals surface area contributed by atoms with Gasteiger partial charge in [-0.2, -0.15) is 0 Å². The molecule has 2 aromatic rings. The first-order valence-electron chi connectivity index (χ1n) is 9.70. The van der Waals surface area contributed by atoms with E-state index in [9.17, 15) is 9.59 Å². The molecule has 29 heavy (non-hydrogen) atoms. The van der Waals surface area contributed by atoms with E-state index in [4.69, 9.17) is 9.47 Å². The maximum Gasteiger partial charge on any atom is 0.252 e. The maximum atomic E-state index is 12.8. The number of ether oxygens (including phenoxy) is 2. The Balaban J connectivity index is 2.14. The predicted molar refractivity (Wildman–Crippen MR) is 115 cm³/mol. The van der Waals surface area contributed by atoms with Gasteiger partial charge in [-0.05, 0) is 41.7 Å². The zero-order valence-electron chi connectivity index (χ0n) is 17.9. The molecule has 2 N–H and O–H groups in total. The first-order valence-corrected chi connectivity index (χ1v) is 9.70. The van der Waals surface area contributed by atoms with Crippen molar-refractivity contribution >= 4 is 17.5 Å². The number of amides is 2. The highest BCUT2D eigenvalue weighted by atomic mass is 16.5. The standard InChI is InChI=1S/C23H30N2O4/c1-14(2)16-7-9-18(10-8-16)24-23(27)21(15(3)4)25-22(26)17-11-19(28-5)13-20(12-17)29-6/h7-15,21H,1-6H3,(H,24,27)(H,25,26). The first-order chi connectivity index (χ1) is 13.7. The van der Waals surface area contributed by atoms with Crippen molar-refractivity contribution in [3.05, 3.63) is 53.6 Å². The van der Waals surface area contributed by atoms with Crippen LogP contribution in [-0.2, 0) is 4.79 Å². The van der Waals surface area contributed by atoms with E-state index in [1.165, 1.54) is 19.8 Å². The lowest BCUT2D eigenvalue weighted by molar-refractivity contribution is -0.118. The molecule has 6 heteroatoms. The smallest absolute Gasteiger partial charge is 0.252 e. The van der Waals surface area contributed by atoms with Gasteiger partial charge >= 0.3 is 0 Å². The quantitative estimate of drug-likeness (QED) is 0.698. The number of methoxy groups -OCH3 is 2. The third-order valence-corrected chi connectivity index (χ3v) is 4.69. The van der Waals surface area contributed by atoms with Crippen LogP contribution in [0.15, 0.2) is 42.5 Å². The third-order valence-electron chi connectivity index (χ3n) is 4.69. The number of carbonyl (C=O) groups is 2. The highest BCUT2D eigenvalue weighted by Gasteiger charge is 2.25. The second-order valence-electron chi connectivity index (χ2n) is 7.56. The lowest BCUT2D eigenvalue weighted by atomic mass is 10.0. The molecule has 0 bridgehead atoms. The molecule has 0 spiro atoms. The second-order valence-corrected chi connectivity index (χ2v) is 7.56. The van der Waals surface area contributed by atoms with E-state index >= 15 is 0 Å². The average molecular weight is 399 g/mol. The molecule has 156 valence electrons. The summed E-state index contributed by atoms with van der Waals surface area (Å²) in [6.07, 6.45) is 0. The minimum atomic E-state index is -0.690. The Labute approximate surface area is 172 Å². The van der Waals surface area contributed by atoms with E-state index in [2.05, 4.69) is 24.5 Å². The van der Waals surface area contributed by atoms with Crippen LogP contribution in [0, 0.1) is 5.92 Å². The molecule has 0 aliphatic rings. The normalized spacial score (nSPS) is 11.9. The molecular weight excluding hydrogens is 368 g/mol. The fraction of sp³-hybridized carbons (Fsp3) is 0.391. The van der Waals surface area contributed by atoms with Crippen molar-refractivity contribution in [2.45, 2.75) is 39.7 Å². The number of nitrogens with one attached hydrogen (secondary N) is 2. The van der Waals surface area contributed by atoms with Crippen LogP contribution in [0.4, 0.5) is 5.69 Å². The van der Waals surface area contributed by atoms with Gasteiger partial charge in [-0.3, -0.25) is 9.59 Å². The van der Waals surface area contributed by atoms with Gasteiger partial charge in [-0.1, -0.05) is 39.8 Å². The molecular formula is C23H30N2O4. The molecule has 0 aromatic heterocycles. The molecule has 0 radical (unpaired) electrons. The van der Waals surface area contributed by atoms with Crippen LogP contribution in [0.1, 0.15) is 49.5 Å². The van der Waals surface area contributed by atoms with Crippen LogP contribution in [0.5, 0.6) is 11.5 Å². The molecule has 2 rings (SSSR count). The van der Waals surface area contributed by atoms with E-state index in [-0.39, 0.29) is 17.7 Å². The zero-order chi connectivity index (χ0) is 21.6. The fourth-order valence-corrected chi connectivity index (χ4v) is 2.87. The summed E-state index contributed by atoms with van der Waals surface area (Å²) in [4.78, 5) is 25.6. The van der Waals surface area contributed by atoms with Crippen LogP contribution in [0.2, 0.25) is 0 Å². The molecule has 6 nitrogen and oxygen atoms in total. The highest BCUT2D eigenvalue weighted by Crippen LogP contribution is 2.23. The number of anilines is 1. The Morgan fingerprint density at radius 1 is 0.862 bits per heavy atom. The Morgan fingerprint density at radius 3 is 1.86 bits per heavy atom.